The third-order valence-corrected chi connectivity index (χ3v) is 4.40. The summed E-state index contributed by atoms with van der Waals surface area (Å²) in [7, 11) is 0. The van der Waals surface area contributed by atoms with Gasteiger partial charge in [-0.25, -0.2) is 9.97 Å². The second-order valence-electron chi connectivity index (χ2n) is 4.81. The summed E-state index contributed by atoms with van der Waals surface area (Å²) in [5.74, 6) is 2.35. The Morgan fingerprint density at radius 2 is 2.20 bits per heavy atom. The van der Waals surface area contributed by atoms with E-state index >= 15 is 0 Å². The van der Waals surface area contributed by atoms with Gasteiger partial charge in [0.1, 0.15) is 5.75 Å². The minimum atomic E-state index is -0.550. The molecular weight excluding hydrogens is 272 g/mol. The fraction of sp³-hybridized carbons (Fsp3) is 0.333. The largest absolute Gasteiger partial charge is 0.480 e. The number of fused-ring (bicyclic) bond motifs is 1. The van der Waals surface area contributed by atoms with E-state index in [2.05, 4.69) is 16.0 Å². The third-order valence-electron chi connectivity index (χ3n) is 3.28. The summed E-state index contributed by atoms with van der Waals surface area (Å²) in [6.07, 6.45) is 1.000. The number of hydrogen-bond acceptors (Lipinski definition) is 5. The molecule has 0 saturated carbocycles. The highest BCUT2D eigenvalue weighted by molar-refractivity contribution is 7.99. The van der Waals surface area contributed by atoms with Crippen LogP contribution in [0.1, 0.15) is 36.2 Å². The van der Waals surface area contributed by atoms with Gasteiger partial charge in [0.05, 0.1) is 6.10 Å². The fourth-order valence-electron chi connectivity index (χ4n) is 2.21. The first-order chi connectivity index (χ1) is 9.65. The minimum Gasteiger partial charge on any atom is -0.480 e. The summed E-state index contributed by atoms with van der Waals surface area (Å²) in [4.78, 5) is 9.98. The van der Waals surface area contributed by atoms with Gasteiger partial charge < -0.3 is 9.84 Å². The summed E-state index contributed by atoms with van der Waals surface area (Å²) in [5.41, 5.74) is 1.56. The number of benzene rings is 1. The fourth-order valence-corrected chi connectivity index (χ4v) is 3.19. The molecule has 0 bridgehead atoms. The van der Waals surface area contributed by atoms with Gasteiger partial charge in [-0.05, 0) is 26.0 Å². The molecule has 2 unspecified atom stereocenters. The molecule has 1 aliphatic rings. The molecule has 0 aliphatic carbocycles. The highest BCUT2D eigenvalue weighted by Crippen LogP contribution is 2.39. The van der Waals surface area contributed by atoms with Crippen LogP contribution in [0.3, 0.4) is 0 Å². The van der Waals surface area contributed by atoms with E-state index in [1.807, 2.05) is 25.1 Å². The van der Waals surface area contributed by atoms with E-state index < -0.39 is 6.10 Å². The lowest BCUT2D eigenvalue weighted by atomic mass is 10.1. The second-order valence-corrected chi connectivity index (χ2v) is 5.87. The number of aliphatic hydroxyl groups is 1. The normalized spacial score (nSPS) is 19.1. The Bertz CT molecular complexity index is 631. The lowest BCUT2D eigenvalue weighted by Crippen LogP contribution is -2.18. The van der Waals surface area contributed by atoms with Gasteiger partial charge in [-0.2, -0.15) is 0 Å². The molecule has 2 atom stereocenters. The Kier molecular flexibility index (Phi) is 3.63. The van der Waals surface area contributed by atoms with E-state index in [0.717, 1.165) is 27.7 Å². The lowest BCUT2D eigenvalue weighted by Gasteiger charge is -2.24. The first kappa shape index (κ1) is 13.4. The SMILES string of the molecule is Cc1nc(C2CSc3ccccc3O2)ncc1C(C)O. The van der Waals surface area contributed by atoms with Crippen LogP contribution in [0.2, 0.25) is 0 Å². The average Bonchev–Trinajstić information content (AvgIpc) is 2.46. The number of aromatic nitrogens is 2. The van der Waals surface area contributed by atoms with Gasteiger partial charge in [0.15, 0.2) is 11.9 Å². The molecule has 5 heteroatoms. The zero-order chi connectivity index (χ0) is 14.1. The van der Waals surface area contributed by atoms with Crippen molar-refractivity contribution in [1.82, 2.24) is 9.97 Å². The van der Waals surface area contributed by atoms with Crippen molar-refractivity contribution in [3.63, 3.8) is 0 Å². The number of aliphatic hydroxyl groups excluding tert-OH is 1. The van der Waals surface area contributed by atoms with Gasteiger partial charge in [0.2, 0.25) is 0 Å². The van der Waals surface area contributed by atoms with Crippen molar-refractivity contribution in [3.8, 4) is 5.75 Å². The van der Waals surface area contributed by atoms with Crippen LogP contribution < -0.4 is 4.74 Å². The van der Waals surface area contributed by atoms with Gasteiger partial charge >= 0.3 is 0 Å². The molecule has 0 saturated heterocycles. The molecule has 20 heavy (non-hydrogen) atoms. The van der Waals surface area contributed by atoms with E-state index in [-0.39, 0.29) is 6.10 Å². The minimum absolute atomic E-state index is 0.142. The van der Waals surface area contributed by atoms with Crippen molar-refractivity contribution in [1.29, 1.82) is 0 Å². The predicted octanol–water partition coefficient (Wildman–Crippen LogP) is 3.06. The number of aryl methyl sites for hydroxylation is 1. The summed E-state index contributed by atoms with van der Waals surface area (Å²) in [6, 6.07) is 7.99. The van der Waals surface area contributed by atoms with Gasteiger partial charge in [0, 0.05) is 28.1 Å². The Balaban J connectivity index is 1.86. The van der Waals surface area contributed by atoms with Crippen molar-refractivity contribution in [3.05, 3.63) is 47.5 Å². The Morgan fingerprint density at radius 3 is 2.95 bits per heavy atom. The zero-order valence-corrected chi connectivity index (χ0v) is 12.2. The molecule has 1 N–H and O–H groups in total. The Hall–Kier alpha value is -1.59. The molecule has 1 aliphatic heterocycles. The summed E-state index contributed by atoms with van der Waals surface area (Å²) >= 11 is 1.75. The molecule has 2 heterocycles. The van der Waals surface area contributed by atoms with Gasteiger partial charge in [-0.15, -0.1) is 11.8 Å². The van der Waals surface area contributed by atoms with E-state index in [1.165, 1.54) is 0 Å². The molecular formula is C15H16N2O2S. The maximum atomic E-state index is 9.62. The van der Waals surface area contributed by atoms with Crippen LogP contribution >= 0.6 is 11.8 Å². The molecule has 4 nitrogen and oxygen atoms in total. The molecule has 0 fully saturated rings. The molecule has 0 amide bonds. The lowest BCUT2D eigenvalue weighted by molar-refractivity contribution is 0.194. The molecule has 3 rings (SSSR count). The van der Waals surface area contributed by atoms with Gasteiger partial charge in [0.25, 0.3) is 0 Å². The average molecular weight is 288 g/mol. The van der Waals surface area contributed by atoms with Crippen LogP contribution in [-0.4, -0.2) is 20.8 Å². The number of ether oxygens (including phenoxy) is 1. The Morgan fingerprint density at radius 1 is 1.40 bits per heavy atom. The van der Waals surface area contributed by atoms with Crippen LogP contribution in [0.15, 0.2) is 35.4 Å². The smallest absolute Gasteiger partial charge is 0.170 e. The molecule has 0 spiro atoms. The molecule has 1 aromatic heterocycles. The van der Waals surface area contributed by atoms with Crippen LogP contribution in [0.4, 0.5) is 0 Å². The molecule has 1 aromatic carbocycles. The van der Waals surface area contributed by atoms with Crippen LogP contribution in [-0.2, 0) is 0 Å². The van der Waals surface area contributed by atoms with Crippen molar-refractivity contribution < 1.29 is 9.84 Å². The third kappa shape index (κ3) is 2.51. The number of nitrogens with zero attached hydrogens (tertiary/aromatic N) is 2. The second kappa shape index (κ2) is 5.42. The number of thioether (sulfide) groups is 1. The monoisotopic (exact) mass is 288 g/mol. The Labute approximate surface area is 122 Å². The van der Waals surface area contributed by atoms with E-state index in [4.69, 9.17) is 4.74 Å². The summed E-state index contributed by atoms with van der Waals surface area (Å²) in [5, 5.41) is 9.62. The number of hydrogen-bond donors (Lipinski definition) is 1. The highest BCUT2D eigenvalue weighted by Gasteiger charge is 2.24. The van der Waals surface area contributed by atoms with Crippen LogP contribution in [0.5, 0.6) is 5.75 Å². The quantitative estimate of drug-likeness (QED) is 0.920. The topological polar surface area (TPSA) is 55.2 Å². The highest BCUT2D eigenvalue weighted by atomic mass is 32.2. The maximum absolute atomic E-state index is 9.62. The van der Waals surface area contributed by atoms with E-state index in [9.17, 15) is 5.11 Å². The van der Waals surface area contributed by atoms with Crippen molar-refractivity contribution in [2.45, 2.75) is 31.0 Å². The van der Waals surface area contributed by atoms with E-state index in [1.54, 1.807) is 24.9 Å². The summed E-state index contributed by atoms with van der Waals surface area (Å²) < 4.78 is 5.96. The van der Waals surface area contributed by atoms with Gasteiger partial charge in [-0.3, -0.25) is 0 Å². The van der Waals surface area contributed by atoms with E-state index in [0.29, 0.717) is 5.82 Å². The van der Waals surface area contributed by atoms with Crippen molar-refractivity contribution in [2.24, 2.45) is 0 Å². The van der Waals surface area contributed by atoms with Crippen LogP contribution in [0, 0.1) is 6.92 Å². The predicted molar refractivity (Wildman–Crippen MR) is 77.9 cm³/mol. The van der Waals surface area contributed by atoms with Gasteiger partial charge in [-0.1, -0.05) is 12.1 Å². The number of rotatable bonds is 2. The first-order valence-corrected chi connectivity index (χ1v) is 7.53. The zero-order valence-electron chi connectivity index (χ0n) is 11.4. The molecule has 2 aromatic rings. The van der Waals surface area contributed by atoms with Crippen molar-refractivity contribution >= 4 is 11.8 Å². The maximum Gasteiger partial charge on any atom is 0.170 e. The standard InChI is InChI=1S/C15H16N2O2S/c1-9-11(10(2)18)7-16-15(17-9)13-8-20-14-6-4-3-5-12(14)19-13/h3-7,10,13,18H,8H2,1-2H3. The van der Waals surface area contributed by atoms with Crippen LogP contribution in [0.25, 0.3) is 0 Å². The molecule has 0 radical (unpaired) electrons. The summed E-state index contributed by atoms with van der Waals surface area (Å²) in [6.45, 7) is 3.60. The molecule has 104 valence electrons. The number of para-hydroxylation sites is 1. The first-order valence-electron chi connectivity index (χ1n) is 6.55. The van der Waals surface area contributed by atoms with Crippen molar-refractivity contribution in [2.75, 3.05) is 5.75 Å².